The summed E-state index contributed by atoms with van der Waals surface area (Å²) in [5.41, 5.74) is -0.0264. The molecule has 0 radical (unpaired) electrons. The van der Waals surface area contributed by atoms with Crippen molar-refractivity contribution >= 4 is 34.6 Å². The van der Waals surface area contributed by atoms with Crippen LogP contribution in [0.2, 0.25) is 0 Å². The van der Waals surface area contributed by atoms with Gasteiger partial charge in [0.05, 0.1) is 13.2 Å². The molecule has 0 spiro atoms. The molecule has 1 aromatic heterocycles. The van der Waals surface area contributed by atoms with Crippen LogP contribution in [0.5, 0.6) is 0 Å². The average Bonchev–Trinajstić information content (AvgIpc) is 2.84. The first-order chi connectivity index (χ1) is 11.8. The first-order valence-corrected chi connectivity index (χ1v) is 10.1. The summed E-state index contributed by atoms with van der Waals surface area (Å²) in [5, 5.41) is 11.8. The molecule has 2 N–H and O–H groups in total. The molecule has 0 aliphatic carbocycles. The Morgan fingerprint density at radius 2 is 1.88 bits per heavy atom. The first-order valence-electron chi connectivity index (χ1n) is 8.84. The van der Waals surface area contributed by atoms with Crippen LogP contribution in [0.25, 0.3) is 0 Å². The van der Waals surface area contributed by atoms with E-state index in [2.05, 4.69) is 53.2 Å². The summed E-state index contributed by atoms with van der Waals surface area (Å²) in [6.45, 7) is 14.0. The van der Waals surface area contributed by atoms with E-state index < -0.39 is 0 Å². The van der Waals surface area contributed by atoms with E-state index in [9.17, 15) is 4.79 Å². The SMILES string of the molecule is CCCNC(=O)CN1CCN(Cn2nc(NC(C)(C)C)sc2=S)CC1. The molecule has 1 aliphatic heterocycles. The van der Waals surface area contributed by atoms with Crippen LogP contribution in [0.15, 0.2) is 0 Å². The van der Waals surface area contributed by atoms with Gasteiger partial charge in [0.2, 0.25) is 11.0 Å². The van der Waals surface area contributed by atoms with E-state index in [-0.39, 0.29) is 11.4 Å². The summed E-state index contributed by atoms with van der Waals surface area (Å²) in [6.07, 6.45) is 0.972. The zero-order valence-electron chi connectivity index (χ0n) is 15.7. The van der Waals surface area contributed by atoms with Crippen LogP contribution in [0.4, 0.5) is 5.13 Å². The van der Waals surface area contributed by atoms with Crippen molar-refractivity contribution in [2.45, 2.75) is 46.3 Å². The molecule has 2 rings (SSSR count). The third-order valence-corrected chi connectivity index (χ3v) is 5.05. The minimum atomic E-state index is -0.0264. The van der Waals surface area contributed by atoms with E-state index >= 15 is 0 Å². The number of nitrogens with one attached hydrogen (secondary N) is 2. The molecule has 142 valence electrons. The van der Waals surface area contributed by atoms with Crippen LogP contribution in [-0.4, -0.2) is 70.3 Å². The second-order valence-electron chi connectivity index (χ2n) is 7.43. The van der Waals surface area contributed by atoms with Crippen LogP contribution in [0.3, 0.4) is 0 Å². The predicted molar refractivity (Wildman–Crippen MR) is 106 cm³/mol. The predicted octanol–water partition coefficient (Wildman–Crippen LogP) is 1.99. The number of amides is 1. The van der Waals surface area contributed by atoms with Gasteiger partial charge >= 0.3 is 0 Å². The molecule has 0 saturated carbocycles. The van der Waals surface area contributed by atoms with Crippen molar-refractivity contribution in [3.63, 3.8) is 0 Å². The molecule has 1 amide bonds. The zero-order chi connectivity index (χ0) is 18.4. The molecule has 1 fully saturated rings. The molecule has 25 heavy (non-hydrogen) atoms. The van der Waals surface area contributed by atoms with E-state index in [1.807, 2.05) is 4.68 Å². The molecule has 1 aliphatic rings. The number of hydrogen-bond acceptors (Lipinski definition) is 7. The molecule has 0 atom stereocenters. The fourth-order valence-electron chi connectivity index (χ4n) is 2.57. The number of carbonyl (C=O) groups excluding carboxylic acids is 1. The summed E-state index contributed by atoms with van der Waals surface area (Å²) in [4.78, 5) is 16.3. The highest BCUT2D eigenvalue weighted by atomic mass is 32.1. The van der Waals surface area contributed by atoms with Gasteiger partial charge in [-0.25, -0.2) is 4.68 Å². The summed E-state index contributed by atoms with van der Waals surface area (Å²) >= 11 is 6.95. The maximum Gasteiger partial charge on any atom is 0.234 e. The number of anilines is 1. The Bertz CT molecular complexity index is 613. The van der Waals surface area contributed by atoms with Gasteiger partial charge in [0.25, 0.3) is 0 Å². The summed E-state index contributed by atoms with van der Waals surface area (Å²) < 4.78 is 2.67. The third kappa shape index (κ3) is 7.01. The zero-order valence-corrected chi connectivity index (χ0v) is 17.3. The number of nitrogens with zero attached hydrogens (tertiary/aromatic N) is 4. The maximum atomic E-state index is 11.8. The monoisotopic (exact) mass is 386 g/mol. The van der Waals surface area contributed by atoms with Crippen LogP contribution in [0, 0.1) is 3.95 Å². The second-order valence-corrected chi connectivity index (χ2v) is 9.06. The van der Waals surface area contributed by atoms with Crippen molar-refractivity contribution in [3.05, 3.63) is 3.95 Å². The van der Waals surface area contributed by atoms with E-state index in [1.165, 1.54) is 11.3 Å². The maximum absolute atomic E-state index is 11.8. The number of piperazine rings is 1. The van der Waals surface area contributed by atoms with Gasteiger partial charge in [-0.3, -0.25) is 14.6 Å². The number of rotatable bonds is 7. The number of carbonyl (C=O) groups is 1. The lowest BCUT2D eigenvalue weighted by atomic mass is 10.1. The molecular weight excluding hydrogens is 356 g/mol. The molecule has 2 heterocycles. The lowest BCUT2D eigenvalue weighted by molar-refractivity contribution is -0.122. The van der Waals surface area contributed by atoms with Gasteiger partial charge in [0, 0.05) is 38.3 Å². The molecule has 0 aromatic carbocycles. The fourth-order valence-corrected chi connectivity index (χ4v) is 3.77. The van der Waals surface area contributed by atoms with Gasteiger partial charge < -0.3 is 10.6 Å². The van der Waals surface area contributed by atoms with E-state index in [4.69, 9.17) is 12.2 Å². The third-order valence-electron chi connectivity index (χ3n) is 3.83. The van der Waals surface area contributed by atoms with Gasteiger partial charge in [-0.15, -0.1) is 5.10 Å². The van der Waals surface area contributed by atoms with E-state index in [0.29, 0.717) is 13.2 Å². The van der Waals surface area contributed by atoms with Crippen molar-refractivity contribution in [2.24, 2.45) is 0 Å². The van der Waals surface area contributed by atoms with Crippen molar-refractivity contribution in [2.75, 3.05) is 44.6 Å². The Hall–Kier alpha value is -1.03. The van der Waals surface area contributed by atoms with Crippen molar-refractivity contribution in [1.29, 1.82) is 0 Å². The minimum absolute atomic E-state index is 0.0264. The lowest BCUT2D eigenvalue weighted by Gasteiger charge is -2.33. The van der Waals surface area contributed by atoms with E-state index in [1.54, 1.807) is 0 Å². The van der Waals surface area contributed by atoms with E-state index in [0.717, 1.165) is 48.2 Å². The molecule has 9 heteroatoms. The van der Waals surface area contributed by atoms with Crippen LogP contribution >= 0.6 is 23.6 Å². The van der Waals surface area contributed by atoms with Crippen molar-refractivity contribution in [1.82, 2.24) is 24.9 Å². The quantitative estimate of drug-likeness (QED) is 0.699. The van der Waals surface area contributed by atoms with Crippen molar-refractivity contribution < 1.29 is 4.79 Å². The normalized spacial score (nSPS) is 16.8. The smallest absolute Gasteiger partial charge is 0.234 e. The average molecular weight is 387 g/mol. The number of hydrogen-bond donors (Lipinski definition) is 2. The Morgan fingerprint density at radius 3 is 2.48 bits per heavy atom. The Kier molecular flexibility index (Phi) is 7.36. The minimum Gasteiger partial charge on any atom is -0.356 e. The Morgan fingerprint density at radius 1 is 1.24 bits per heavy atom. The van der Waals surface area contributed by atoms with Crippen LogP contribution < -0.4 is 10.6 Å². The van der Waals surface area contributed by atoms with Crippen molar-refractivity contribution in [3.8, 4) is 0 Å². The molecule has 7 nitrogen and oxygen atoms in total. The molecule has 1 saturated heterocycles. The molecule has 0 unspecified atom stereocenters. The fraction of sp³-hybridized carbons (Fsp3) is 0.812. The topological polar surface area (TPSA) is 65.4 Å². The van der Waals surface area contributed by atoms with Gasteiger partial charge in [-0.05, 0) is 39.4 Å². The van der Waals surface area contributed by atoms with Gasteiger partial charge in [0.1, 0.15) is 0 Å². The second kappa shape index (κ2) is 9.07. The van der Waals surface area contributed by atoms with Gasteiger partial charge in [0.15, 0.2) is 3.95 Å². The lowest BCUT2D eigenvalue weighted by Crippen LogP contribution is -2.49. The molecule has 0 bridgehead atoms. The Balaban J connectivity index is 1.80. The highest BCUT2D eigenvalue weighted by Crippen LogP contribution is 2.19. The van der Waals surface area contributed by atoms with Gasteiger partial charge in [-0.2, -0.15) is 0 Å². The molecule has 1 aromatic rings. The number of aromatic nitrogens is 2. The summed E-state index contributed by atoms with van der Waals surface area (Å²) in [5.74, 6) is 0.120. The first kappa shape index (κ1) is 20.3. The summed E-state index contributed by atoms with van der Waals surface area (Å²) in [6, 6.07) is 0. The summed E-state index contributed by atoms with van der Waals surface area (Å²) in [7, 11) is 0. The van der Waals surface area contributed by atoms with Crippen LogP contribution in [-0.2, 0) is 11.5 Å². The highest BCUT2D eigenvalue weighted by molar-refractivity contribution is 7.73. The molecular formula is C16H30N6OS2. The largest absolute Gasteiger partial charge is 0.356 e. The van der Waals surface area contributed by atoms with Crippen LogP contribution in [0.1, 0.15) is 34.1 Å². The Labute approximate surface area is 159 Å². The standard InChI is InChI=1S/C16H30N6OS2/c1-5-6-17-13(23)11-20-7-9-21(10-8-20)12-22-15(24)25-14(19-22)18-16(2,3)4/h5-12H2,1-4H3,(H,17,23)(H,18,19). The van der Waals surface area contributed by atoms with Gasteiger partial charge in [-0.1, -0.05) is 18.3 Å². The highest BCUT2D eigenvalue weighted by Gasteiger charge is 2.20.